The number of nitrogens with one attached hydrogen (secondary N) is 2. The van der Waals surface area contributed by atoms with Gasteiger partial charge in [-0.15, -0.1) is 0 Å². The molecule has 2 amide bonds. The van der Waals surface area contributed by atoms with Gasteiger partial charge in [0.25, 0.3) is 5.91 Å². The lowest BCUT2D eigenvalue weighted by Crippen LogP contribution is -2.30. The molecule has 0 saturated heterocycles. The lowest BCUT2D eigenvalue weighted by Gasteiger charge is -2.14. The summed E-state index contributed by atoms with van der Waals surface area (Å²) in [6, 6.07) is 11.8. The molecule has 6 nitrogen and oxygen atoms in total. The molecule has 2 aromatic rings. The Balaban J connectivity index is 2.01. The molecule has 0 saturated carbocycles. The fourth-order valence-corrected chi connectivity index (χ4v) is 2.01. The molecule has 0 aliphatic rings. The Morgan fingerprint density at radius 2 is 1.76 bits per heavy atom. The second kappa shape index (κ2) is 8.05. The van der Waals surface area contributed by atoms with E-state index < -0.39 is 23.8 Å². The zero-order chi connectivity index (χ0) is 18.4. The van der Waals surface area contributed by atoms with Gasteiger partial charge < -0.3 is 15.4 Å². The van der Waals surface area contributed by atoms with Crippen LogP contribution >= 0.6 is 0 Å². The maximum atomic E-state index is 13.5. The van der Waals surface area contributed by atoms with E-state index in [0.717, 1.165) is 0 Å². The molecular formula is C18H17FN2O4. The quantitative estimate of drug-likeness (QED) is 0.817. The molecule has 130 valence electrons. The minimum atomic E-state index is -1.13. The van der Waals surface area contributed by atoms with E-state index in [4.69, 9.17) is 4.74 Å². The third-order valence-corrected chi connectivity index (χ3v) is 3.20. The Morgan fingerprint density at radius 3 is 2.44 bits per heavy atom. The van der Waals surface area contributed by atoms with Crippen molar-refractivity contribution in [3.05, 3.63) is 59.9 Å². The van der Waals surface area contributed by atoms with Gasteiger partial charge in [0.2, 0.25) is 5.91 Å². The van der Waals surface area contributed by atoms with E-state index in [1.165, 1.54) is 44.2 Å². The molecule has 0 radical (unpaired) electrons. The molecule has 0 fully saturated rings. The topological polar surface area (TPSA) is 84.5 Å². The maximum absolute atomic E-state index is 13.5. The van der Waals surface area contributed by atoms with Crippen LogP contribution in [-0.2, 0) is 14.3 Å². The fraction of sp³-hybridized carbons (Fsp3) is 0.167. The molecule has 0 aliphatic carbocycles. The van der Waals surface area contributed by atoms with Crippen LogP contribution < -0.4 is 10.6 Å². The van der Waals surface area contributed by atoms with Crippen molar-refractivity contribution in [2.24, 2.45) is 0 Å². The maximum Gasteiger partial charge on any atom is 0.338 e. The lowest BCUT2D eigenvalue weighted by atomic mass is 10.2. The third-order valence-electron chi connectivity index (χ3n) is 3.20. The van der Waals surface area contributed by atoms with Crippen LogP contribution in [0.3, 0.4) is 0 Å². The lowest BCUT2D eigenvalue weighted by molar-refractivity contribution is -0.123. The van der Waals surface area contributed by atoms with E-state index in [-0.39, 0.29) is 17.2 Å². The summed E-state index contributed by atoms with van der Waals surface area (Å²) in [7, 11) is 0. The first-order valence-corrected chi connectivity index (χ1v) is 7.51. The van der Waals surface area contributed by atoms with Crippen molar-refractivity contribution in [2.75, 3.05) is 10.6 Å². The van der Waals surface area contributed by atoms with Gasteiger partial charge in [0.1, 0.15) is 5.82 Å². The molecule has 0 aliphatic heterocycles. The molecule has 0 spiro atoms. The van der Waals surface area contributed by atoms with Crippen LogP contribution in [0.5, 0.6) is 0 Å². The van der Waals surface area contributed by atoms with E-state index >= 15 is 0 Å². The highest BCUT2D eigenvalue weighted by Crippen LogP contribution is 2.15. The van der Waals surface area contributed by atoms with E-state index in [0.29, 0.717) is 5.69 Å². The van der Waals surface area contributed by atoms with Crippen LogP contribution in [0.2, 0.25) is 0 Å². The number of esters is 1. The fourth-order valence-electron chi connectivity index (χ4n) is 2.01. The van der Waals surface area contributed by atoms with E-state index in [2.05, 4.69) is 10.6 Å². The van der Waals surface area contributed by atoms with Gasteiger partial charge in [-0.25, -0.2) is 9.18 Å². The summed E-state index contributed by atoms with van der Waals surface area (Å²) in [5.74, 6) is -2.25. The molecule has 25 heavy (non-hydrogen) atoms. The van der Waals surface area contributed by atoms with Crippen molar-refractivity contribution in [1.82, 2.24) is 0 Å². The molecule has 7 heteroatoms. The molecule has 0 unspecified atom stereocenters. The zero-order valence-corrected chi connectivity index (χ0v) is 13.7. The van der Waals surface area contributed by atoms with E-state index in [1.807, 2.05) is 0 Å². The van der Waals surface area contributed by atoms with Gasteiger partial charge in [0.15, 0.2) is 6.10 Å². The number of hydrogen-bond acceptors (Lipinski definition) is 4. The molecule has 2 aromatic carbocycles. The summed E-state index contributed by atoms with van der Waals surface area (Å²) in [5, 5.41) is 4.90. The number of ether oxygens (including phenoxy) is 1. The standard InChI is InChI=1S/C18H17FN2O4/c1-11(17(23)21-16-9-4-3-8-15(16)19)25-18(24)13-6-5-7-14(10-13)20-12(2)22/h3-11H,1-2H3,(H,20,22)(H,21,23)/t11-/m0/s1. The Kier molecular flexibility index (Phi) is 5.84. The number of carbonyl (C=O) groups excluding carboxylic acids is 3. The van der Waals surface area contributed by atoms with Crippen LogP contribution in [0.4, 0.5) is 15.8 Å². The normalized spacial score (nSPS) is 11.3. The molecule has 0 heterocycles. The molecule has 0 aromatic heterocycles. The highest BCUT2D eigenvalue weighted by atomic mass is 19.1. The van der Waals surface area contributed by atoms with Gasteiger partial charge >= 0.3 is 5.97 Å². The van der Waals surface area contributed by atoms with Gasteiger partial charge in [-0.2, -0.15) is 0 Å². The van der Waals surface area contributed by atoms with Crippen LogP contribution in [0.1, 0.15) is 24.2 Å². The minimum absolute atomic E-state index is 0.00283. The smallest absolute Gasteiger partial charge is 0.338 e. The zero-order valence-electron chi connectivity index (χ0n) is 13.7. The Hall–Kier alpha value is -3.22. The van der Waals surface area contributed by atoms with Crippen molar-refractivity contribution in [3.8, 4) is 0 Å². The molecule has 0 bridgehead atoms. The first-order valence-electron chi connectivity index (χ1n) is 7.51. The number of rotatable bonds is 5. The average Bonchev–Trinajstić information content (AvgIpc) is 2.56. The largest absolute Gasteiger partial charge is 0.449 e. The predicted octanol–water partition coefficient (Wildman–Crippen LogP) is 2.97. The van der Waals surface area contributed by atoms with E-state index in [9.17, 15) is 18.8 Å². The third kappa shape index (κ3) is 5.13. The van der Waals surface area contributed by atoms with Crippen LogP contribution in [0, 0.1) is 5.82 Å². The monoisotopic (exact) mass is 344 g/mol. The number of anilines is 2. The first kappa shape index (κ1) is 18.1. The van der Waals surface area contributed by atoms with Gasteiger partial charge in [-0.3, -0.25) is 9.59 Å². The predicted molar refractivity (Wildman–Crippen MR) is 90.7 cm³/mol. The number of carbonyl (C=O) groups is 3. The van der Waals surface area contributed by atoms with Crippen molar-refractivity contribution in [2.45, 2.75) is 20.0 Å². The summed E-state index contributed by atoms with van der Waals surface area (Å²) in [5.41, 5.74) is 0.616. The summed E-state index contributed by atoms with van der Waals surface area (Å²) in [4.78, 5) is 35.2. The summed E-state index contributed by atoms with van der Waals surface area (Å²) < 4.78 is 18.6. The number of benzene rings is 2. The molecule has 2 rings (SSSR count). The molecule has 1 atom stereocenters. The van der Waals surface area contributed by atoms with Crippen molar-refractivity contribution < 1.29 is 23.5 Å². The number of hydrogen-bond donors (Lipinski definition) is 2. The number of halogens is 1. The second-order valence-corrected chi connectivity index (χ2v) is 5.28. The van der Waals surface area contributed by atoms with Gasteiger partial charge in [-0.05, 0) is 37.3 Å². The summed E-state index contributed by atoms with van der Waals surface area (Å²) in [6.45, 7) is 2.73. The van der Waals surface area contributed by atoms with Gasteiger partial charge in [0.05, 0.1) is 11.3 Å². The Bertz CT molecular complexity index is 807. The minimum Gasteiger partial charge on any atom is -0.449 e. The van der Waals surface area contributed by atoms with Crippen molar-refractivity contribution in [1.29, 1.82) is 0 Å². The van der Waals surface area contributed by atoms with Crippen LogP contribution in [0.15, 0.2) is 48.5 Å². The highest BCUT2D eigenvalue weighted by molar-refractivity contribution is 5.98. The average molecular weight is 344 g/mol. The van der Waals surface area contributed by atoms with Gasteiger partial charge in [-0.1, -0.05) is 18.2 Å². The number of amides is 2. The Labute approximate surface area is 144 Å². The van der Waals surface area contributed by atoms with Gasteiger partial charge in [0, 0.05) is 12.6 Å². The first-order chi connectivity index (χ1) is 11.9. The van der Waals surface area contributed by atoms with Crippen LogP contribution in [0.25, 0.3) is 0 Å². The van der Waals surface area contributed by atoms with E-state index in [1.54, 1.807) is 18.2 Å². The Morgan fingerprint density at radius 1 is 1.04 bits per heavy atom. The SMILES string of the molecule is CC(=O)Nc1cccc(C(=O)O[C@@H](C)C(=O)Nc2ccccc2F)c1. The van der Waals surface area contributed by atoms with Crippen molar-refractivity contribution >= 4 is 29.2 Å². The second-order valence-electron chi connectivity index (χ2n) is 5.28. The number of para-hydroxylation sites is 1. The summed E-state index contributed by atoms with van der Waals surface area (Å²) >= 11 is 0. The highest BCUT2D eigenvalue weighted by Gasteiger charge is 2.20. The van der Waals surface area contributed by atoms with Crippen molar-refractivity contribution in [3.63, 3.8) is 0 Å². The summed E-state index contributed by atoms with van der Waals surface area (Å²) in [6.07, 6.45) is -1.13. The molecular weight excluding hydrogens is 327 g/mol. The molecule has 2 N–H and O–H groups in total. The van der Waals surface area contributed by atoms with Crippen LogP contribution in [-0.4, -0.2) is 23.9 Å².